The molecule has 0 unspecified atom stereocenters. The lowest BCUT2D eigenvalue weighted by molar-refractivity contribution is 0.0784. The van der Waals surface area contributed by atoms with Crippen LogP contribution < -0.4 is 5.73 Å². The molecule has 0 aliphatic rings. The maximum absolute atomic E-state index is 13.4. The van der Waals surface area contributed by atoms with Gasteiger partial charge in [-0.25, -0.2) is 8.78 Å². The quantitative estimate of drug-likeness (QED) is 0.856. The molecule has 0 aliphatic heterocycles. The second-order valence-electron chi connectivity index (χ2n) is 4.61. The number of rotatable bonds is 3. The van der Waals surface area contributed by atoms with Crippen molar-refractivity contribution < 1.29 is 13.6 Å². The van der Waals surface area contributed by atoms with Crippen molar-refractivity contribution in [2.45, 2.75) is 6.54 Å². The molecular weight excluding hydrogens is 342 g/mol. The lowest BCUT2D eigenvalue weighted by Gasteiger charge is -2.18. The maximum atomic E-state index is 13.4. The van der Waals surface area contributed by atoms with Crippen molar-refractivity contribution in [2.75, 3.05) is 12.8 Å². The molecule has 0 aliphatic carbocycles. The summed E-state index contributed by atoms with van der Waals surface area (Å²) in [5.41, 5.74) is 5.42. The molecule has 2 aromatic rings. The average molecular weight is 355 g/mol. The summed E-state index contributed by atoms with van der Waals surface area (Å²) in [6.45, 7) is 0.313. The van der Waals surface area contributed by atoms with E-state index < -0.39 is 23.2 Å². The molecule has 1 amide bonds. The summed E-state index contributed by atoms with van der Waals surface area (Å²) in [4.78, 5) is 13.6. The number of carbonyl (C=O) groups is 1. The SMILES string of the molecule is CN(Cc1ccccc1Br)C(=O)c1cc(F)c(N)c(F)c1. The molecule has 2 N–H and O–H groups in total. The van der Waals surface area contributed by atoms with Crippen LogP contribution in [0, 0.1) is 11.6 Å². The van der Waals surface area contributed by atoms with Gasteiger partial charge in [0.25, 0.3) is 5.91 Å². The van der Waals surface area contributed by atoms with E-state index >= 15 is 0 Å². The molecule has 0 heterocycles. The third-order valence-electron chi connectivity index (χ3n) is 3.04. The summed E-state index contributed by atoms with van der Waals surface area (Å²) in [6.07, 6.45) is 0. The van der Waals surface area contributed by atoms with E-state index in [4.69, 9.17) is 5.73 Å². The predicted octanol–water partition coefficient (Wildman–Crippen LogP) is 3.58. The zero-order valence-corrected chi connectivity index (χ0v) is 12.8. The van der Waals surface area contributed by atoms with Gasteiger partial charge < -0.3 is 10.6 Å². The average Bonchev–Trinajstić information content (AvgIpc) is 2.45. The van der Waals surface area contributed by atoms with Crippen LogP contribution in [0.3, 0.4) is 0 Å². The number of nitrogens with two attached hydrogens (primary N) is 1. The minimum absolute atomic E-state index is 0.0752. The van der Waals surface area contributed by atoms with Gasteiger partial charge in [0.1, 0.15) is 17.3 Å². The Hall–Kier alpha value is -1.95. The highest BCUT2D eigenvalue weighted by atomic mass is 79.9. The molecule has 21 heavy (non-hydrogen) atoms. The van der Waals surface area contributed by atoms with Crippen LogP contribution in [0.1, 0.15) is 15.9 Å². The molecule has 2 rings (SSSR count). The second-order valence-corrected chi connectivity index (χ2v) is 5.46. The fourth-order valence-corrected chi connectivity index (χ4v) is 2.29. The molecule has 110 valence electrons. The molecule has 0 fully saturated rings. The number of anilines is 1. The molecular formula is C15H13BrF2N2O. The molecule has 0 saturated heterocycles. The molecule has 0 bridgehead atoms. The summed E-state index contributed by atoms with van der Waals surface area (Å²) in [7, 11) is 1.56. The van der Waals surface area contributed by atoms with Gasteiger partial charge in [0.2, 0.25) is 0 Å². The molecule has 0 spiro atoms. The van der Waals surface area contributed by atoms with E-state index in [1.807, 2.05) is 24.3 Å². The van der Waals surface area contributed by atoms with Crippen molar-refractivity contribution in [3.05, 3.63) is 63.6 Å². The maximum Gasteiger partial charge on any atom is 0.254 e. The van der Waals surface area contributed by atoms with E-state index in [0.29, 0.717) is 6.54 Å². The number of hydrogen-bond acceptors (Lipinski definition) is 2. The van der Waals surface area contributed by atoms with Crippen molar-refractivity contribution >= 4 is 27.5 Å². The van der Waals surface area contributed by atoms with Crippen LogP contribution in [0.25, 0.3) is 0 Å². The standard InChI is InChI=1S/C15H13BrF2N2O/c1-20(8-9-4-2-3-5-11(9)16)15(21)10-6-12(17)14(19)13(18)7-10/h2-7H,8,19H2,1H3. The van der Waals surface area contributed by atoms with Crippen LogP contribution in [-0.4, -0.2) is 17.9 Å². The fraction of sp³-hybridized carbons (Fsp3) is 0.133. The summed E-state index contributed by atoms with van der Waals surface area (Å²) in [5, 5.41) is 0. The molecule has 0 atom stereocenters. The first kappa shape index (κ1) is 15.4. The van der Waals surface area contributed by atoms with Crippen LogP contribution in [0.4, 0.5) is 14.5 Å². The summed E-state index contributed by atoms with van der Waals surface area (Å²) >= 11 is 3.39. The van der Waals surface area contributed by atoms with Crippen molar-refractivity contribution in [1.29, 1.82) is 0 Å². The molecule has 3 nitrogen and oxygen atoms in total. The molecule has 0 aromatic heterocycles. The highest BCUT2D eigenvalue weighted by Crippen LogP contribution is 2.21. The van der Waals surface area contributed by atoms with E-state index in [-0.39, 0.29) is 5.56 Å². The van der Waals surface area contributed by atoms with Crippen LogP contribution in [0.5, 0.6) is 0 Å². The number of benzene rings is 2. The Morgan fingerprint density at radius 3 is 2.38 bits per heavy atom. The normalized spacial score (nSPS) is 10.5. The zero-order valence-electron chi connectivity index (χ0n) is 11.2. The van der Waals surface area contributed by atoms with E-state index in [9.17, 15) is 13.6 Å². The van der Waals surface area contributed by atoms with Crippen LogP contribution in [0.15, 0.2) is 40.9 Å². The summed E-state index contributed by atoms with van der Waals surface area (Å²) in [6, 6.07) is 9.31. The minimum atomic E-state index is -0.937. The number of amides is 1. The lowest BCUT2D eigenvalue weighted by atomic mass is 10.1. The third kappa shape index (κ3) is 3.39. The van der Waals surface area contributed by atoms with Gasteiger partial charge in [0.05, 0.1) is 0 Å². The highest BCUT2D eigenvalue weighted by molar-refractivity contribution is 9.10. The topological polar surface area (TPSA) is 46.3 Å². The predicted molar refractivity (Wildman–Crippen MR) is 80.7 cm³/mol. The first-order valence-electron chi connectivity index (χ1n) is 6.13. The number of hydrogen-bond donors (Lipinski definition) is 1. The minimum Gasteiger partial charge on any atom is -0.394 e. The van der Waals surface area contributed by atoms with Crippen molar-refractivity contribution in [3.63, 3.8) is 0 Å². The molecule has 2 aromatic carbocycles. The van der Waals surface area contributed by atoms with E-state index in [0.717, 1.165) is 22.2 Å². The molecule has 6 heteroatoms. The Morgan fingerprint density at radius 2 is 1.81 bits per heavy atom. The van der Waals surface area contributed by atoms with Crippen molar-refractivity contribution in [1.82, 2.24) is 4.90 Å². The fourth-order valence-electron chi connectivity index (χ4n) is 1.88. The first-order chi connectivity index (χ1) is 9.90. The van der Waals surface area contributed by atoms with E-state index in [1.54, 1.807) is 7.05 Å². The van der Waals surface area contributed by atoms with Gasteiger partial charge in [0.15, 0.2) is 0 Å². The zero-order chi connectivity index (χ0) is 15.6. The number of carbonyl (C=O) groups excluding carboxylic acids is 1. The van der Waals surface area contributed by atoms with Crippen molar-refractivity contribution in [2.24, 2.45) is 0 Å². The summed E-state index contributed by atoms with van der Waals surface area (Å²) < 4.78 is 27.7. The largest absolute Gasteiger partial charge is 0.394 e. The second kappa shape index (κ2) is 6.22. The molecule has 0 radical (unpaired) electrons. The smallest absolute Gasteiger partial charge is 0.254 e. The van der Waals surface area contributed by atoms with E-state index in [1.165, 1.54) is 4.90 Å². The van der Waals surface area contributed by atoms with Crippen molar-refractivity contribution in [3.8, 4) is 0 Å². The van der Waals surface area contributed by atoms with Gasteiger partial charge >= 0.3 is 0 Å². The molecule has 0 saturated carbocycles. The first-order valence-corrected chi connectivity index (χ1v) is 6.93. The Kier molecular flexibility index (Phi) is 4.57. The Labute approximate surface area is 129 Å². The van der Waals surface area contributed by atoms with Gasteiger partial charge in [-0.1, -0.05) is 34.1 Å². The monoisotopic (exact) mass is 354 g/mol. The number of nitrogens with zero attached hydrogens (tertiary/aromatic N) is 1. The van der Waals surface area contributed by atoms with Gasteiger partial charge in [-0.05, 0) is 23.8 Å². The summed E-state index contributed by atoms with van der Waals surface area (Å²) in [5.74, 6) is -2.36. The number of nitrogen functional groups attached to an aromatic ring is 1. The lowest BCUT2D eigenvalue weighted by Crippen LogP contribution is -2.26. The van der Waals surface area contributed by atoms with Crippen LogP contribution >= 0.6 is 15.9 Å². The Morgan fingerprint density at radius 1 is 1.24 bits per heavy atom. The van der Waals surface area contributed by atoms with Gasteiger partial charge in [-0.3, -0.25) is 4.79 Å². The highest BCUT2D eigenvalue weighted by Gasteiger charge is 2.17. The van der Waals surface area contributed by atoms with E-state index in [2.05, 4.69) is 15.9 Å². The third-order valence-corrected chi connectivity index (χ3v) is 3.81. The number of halogens is 3. The Bertz CT molecular complexity index is 668. The Balaban J connectivity index is 2.22. The van der Waals surface area contributed by atoms with Gasteiger partial charge in [0, 0.05) is 23.6 Å². The van der Waals surface area contributed by atoms with Gasteiger partial charge in [-0.15, -0.1) is 0 Å². The van der Waals surface area contributed by atoms with Gasteiger partial charge in [-0.2, -0.15) is 0 Å². The van der Waals surface area contributed by atoms with Crippen LogP contribution in [0.2, 0.25) is 0 Å². The van der Waals surface area contributed by atoms with Crippen LogP contribution in [-0.2, 0) is 6.54 Å².